The Morgan fingerprint density at radius 3 is 2.44 bits per heavy atom. The number of ether oxygens (including phenoxy) is 1. The molecule has 2 rings (SSSR count). The second-order valence-electron chi connectivity index (χ2n) is 5.90. The zero-order valence-corrected chi connectivity index (χ0v) is 11.4. The molecule has 4 heteroatoms. The maximum Gasteiger partial charge on any atom is 0.310 e. The van der Waals surface area contributed by atoms with E-state index in [0.29, 0.717) is 12.6 Å². The van der Waals surface area contributed by atoms with Gasteiger partial charge in [0.05, 0.1) is 5.41 Å². The molecule has 0 radical (unpaired) electrons. The Kier molecular flexibility index (Phi) is 4.62. The molecule has 104 valence electrons. The minimum Gasteiger partial charge on any atom is -0.481 e. The highest BCUT2D eigenvalue weighted by Crippen LogP contribution is 2.37. The van der Waals surface area contributed by atoms with Crippen LogP contribution in [0.25, 0.3) is 0 Å². The van der Waals surface area contributed by atoms with Crippen LogP contribution in [0.2, 0.25) is 0 Å². The van der Waals surface area contributed by atoms with Crippen LogP contribution >= 0.6 is 0 Å². The average molecular weight is 255 g/mol. The quantitative estimate of drug-likeness (QED) is 0.836. The van der Waals surface area contributed by atoms with Crippen molar-refractivity contribution < 1.29 is 14.6 Å². The first-order valence-corrected chi connectivity index (χ1v) is 7.15. The number of carboxylic acids is 1. The fourth-order valence-corrected chi connectivity index (χ4v) is 3.40. The Morgan fingerprint density at radius 2 is 1.89 bits per heavy atom. The number of nitrogens with zero attached hydrogens (tertiary/aromatic N) is 1. The van der Waals surface area contributed by atoms with Gasteiger partial charge in [0.1, 0.15) is 0 Å². The lowest BCUT2D eigenvalue weighted by Crippen LogP contribution is -2.47. The Balaban J connectivity index is 1.97. The molecule has 1 N–H and O–H groups in total. The fourth-order valence-electron chi connectivity index (χ4n) is 3.40. The third kappa shape index (κ3) is 3.04. The van der Waals surface area contributed by atoms with Crippen molar-refractivity contribution in [1.29, 1.82) is 0 Å². The third-order valence-corrected chi connectivity index (χ3v) is 4.63. The molecule has 0 bridgehead atoms. The number of hydrogen-bond donors (Lipinski definition) is 1. The van der Waals surface area contributed by atoms with Gasteiger partial charge in [0.15, 0.2) is 0 Å². The maximum absolute atomic E-state index is 11.6. The molecule has 0 aromatic heterocycles. The lowest BCUT2D eigenvalue weighted by Gasteiger charge is -2.40. The topological polar surface area (TPSA) is 49.8 Å². The van der Waals surface area contributed by atoms with E-state index in [2.05, 4.69) is 11.9 Å². The molecule has 0 amide bonds. The van der Waals surface area contributed by atoms with Crippen molar-refractivity contribution in [1.82, 2.24) is 4.90 Å². The summed E-state index contributed by atoms with van der Waals surface area (Å²) in [6.45, 7) is 2.33. The summed E-state index contributed by atoms with van der Waals surface area (Å²) < 4.78 is 5.37. The fraction of sp³-hybridized carbons (Fsp3) is 0.929. The van der Waals surface area contributed by atoms with Gasteiger partial charge in [-0.2, -0.15) is 0 Å². The van der Waals surface area contributed by atoms with Crippen molar-refractivity contribution in [2.45, 2.75) is 51.0 Å². The number of aliphatic carboxylic acids is 1. The summed E-state index contributed by atoms with van der Waals surface area (Å²) in [6.07, 6.45) is 7.07. The summed E-state index contributed by atoms with van der Waals surface area (Å²) in [6, 6.07) is 0.497. The summed E-state index contributed by atoms with van der Waals surface area (Å²) in [5, 5.41) is 9.58. The van der Waals surface area contributed by atoms with Gasteiger partial charge in [-0.25, -0.2) is 0 Å². The normalized spacial score (nSPS) is 25.2. The van der Waals surface area contributed by atoms with Crippen molar-refractivity contribution >= 4 is 5.97 Å². The van der Waals surface area contributed by atoms with Crippen molar-refractivity contribution in [3.8, 4) is 0 Å². The molecule has 1 aliphatic heterocycles. The van der Waals surface area contributed by atoms with Crippen LogP contribution in [0.15, 0.2) is 0 Å². The van der Waals surface area contributed by atoms with Crippen LogP contribution in [-0.2, 0) is 9.53 Å². The van der Waals surface area contributed by atoms with E-state index < -0.39 is 11.4 Å². The van der Waals surface area contributed by atoms with E-state index in [-0.39, 0.29) is 0 Å². The molecule has 18 heavy (non-hydrogen) atoms. The van der Waals surface area contributed by atoms with E-state index in [1.165, 1.54) is 6.42 Å². The van der Waals surface area contributed by atoms with Gasteiger partial charge in [-0.15, -0.1) is 0 Å². The van der Waals surface area contributed by atoms with Crippen LogP contribution in [0.3, 0.4) is 0 Å². The molecule has 1 aliphatic carbocycles. The molecule has 0 atom stereocenters. The summed E-state index contributed by atoms with van der Waals surface area (Å²) >= 11 is 0. The molecule has 2 fully saturated rings. The lowest BCUT2D eigenvalue weighted by molar-refractivity contribution is -0.153. The van der Waals surface area contributed by atoms with Crippen molar-refractivity contribution in [3.05, 3.63) is 0 Å². The van der Waals surface area contributed by atoms with Crippen LogP contribution in [0.4, 0.5) is 0 Å². The monoisotopic (exact) mass is 255 g/mol. The molecule has 0 aromatic carbocycles. The molecule has 0 spiro atoms. The molecule has 2 aliphatic rings. The van der Waals surface area contributed by atoms with Crippen LogP contribution in [-0.4, -0.2) is 48.8 Å². The molecular formula is C14H25NO3. The van der Waals surface area contributed by atoms with Gasteiger partial charge in [0.25, 0.3) is 0 Å². The predicted octanol–water partition coefficient (Wildman–Crippen LogP) is 2.13. The molecule has 1 saturated carbocycles. The number of carbonyl (C=O) groups is 1. The molecule has 1 saturated heterocycles. The van der Waals surface area contributed by atoms with Gasteiger partial charge in [-0.05, 0) is 32.7 Å². The highest BCUT2D eigenvalue weighted by Gasteiger charge is 2.41. The first-order chi connectivity index (χ1) is 8.64. The molecule has 0 unspecified atom stereocenters. The summed E-state index contributed by atoms with van der Waals surface area (Å²) in [5.41, 5.74) is -0.495. The van der Waals surface area contributed by atoms with Gasteiger partial charge in [0, 0.05) is 25.8 Å². The highest BCUT2D eigenvalue weighted by atomic mass is 16.5. The largest absolute Gasteiger partial charge is 0.481 e. The number of hydrogen-bond acceptors (Lipinski definition) is 3. The summed E-state index contributed by atoms with van der Waals surface area (Å²) in [4.78, 5) is 13.9. The molecular weight excluding hydrogens is 230 g/mol. The Bertz CT molecular complexity index is 281. The van der Waals surface area contributed by atoms with E-state index in [0.717, 1.165) is 51.7 Å². The van der Waals surface area contributed by atoms with Crippen molar-refractivity contribution in [2.24, 2.45) is 5.41 Å². The minimum absolute atomic E-state index is 0.495. The summed E-state index contributed by atoms with van der Waals surface area (Å²) in [7, 11) is 2.08. The SMILES string of the molecule is CN(CC1(C(=O)O)CCCCC1)C1CCOCC1. The zero-order valence-electron chi connectivity index (χ0n) is 11.4. The van der Waals surface area contributed by atoms with Crippen LogP contribution in [0.5, 0.6) is 0 Å². The minimum atomic E-state index is -0.596. The van der Waals surface area contributed by atoms with Gasteiger partial charge in [-0.1, -0.05) is 19.3 Å². The Labute approximate surface area is 109 Å². The van der Waals surface area contributed by atoms with Crippen molar-refractivity contribution in [3.63, 3.8) is 0 Å². The molecule has 1 heterocycles. The second kappa shape index (κ2) is 6.02. The first-order valence-electron chi connectivity index (χ1n) is 7.15. The molecule has 0 aromatic rings. The van der Waals surface area contributed by atoms with Gasteiger partial charge < -0.3 is 14.7 Å². The maximum atomic E-state index is 11.6. The second-order valence-corrected chi connectivity index (χ2v) is 5.90. The number of rotatable bonds is 4. The Hall–Kier alpha value is -0.610. The van der Waals surface area contributed by atoms with Gasteiger partial charge in [0.2, 0.25) is 0 Å². The third-order valence-electron chi connectivity index (χ3n) is 4.63. The Morgan fingerprint density at radius 1 is 1.28 bits per heavy atom. The van der Waals surface area contributed by atoms with E-state index in [1.54, 1.807) is 0 Å². The lowest BCUT2D eigenvalue weighted by atomic mass is 9.73. The standard InChI is InChI=1S/C14H25NO3/c1-15(12-5-9-18-10-6-12)11-14(13(16)17)7-3-2-4-8-14/h12H,2-11H2,1H3,(H,16,17). The van der Waals surface area contributed by atoms with Gasteiger partial charge >= 0.3 is 5.97 Å². The van der Waals surface area contributed by atoms with E-state index in [9.17, 15) is 9.90 Å². The molecule has 4 nitrogen and oxygen atoms in total. The van der Waals surface area contributed by atoms with Gasteiger partial charge in [-0.3, -0.25) is 4.79 Å². The average Bonchev–Trinajstić information content (AvgIpc) is 2.40. The van der Waals surface area contributed by atoms with Crippen molar-refractivity contribution in [2.75, 3.05) is 26.8 Å². The zero-order chi connectivity index (χ0) is 13.0. The van der Waals surface area contributed by atoms with E-state index >= 15 is 0 Å². The van der Waals surface area contributed by atoms with E-state index in [4.69, 9.17) is 4.74 Å². The van der Waals surface area contributed by atoms with E-state index in [1.807, 2.05) is 0 Å². The van der Waals surface area contributed by atoms with Crippen LogP contribution < -0.4 is 0 Å². The first kappa shape index (κ1) is 13.8. The highest BCUT2D eigenvalue weighted by molar-refractivity contribution is 5.75. The predicted molar refractivity (Wildman–Crippen MR) is 69.6 cm³/mol. The number of carboxylic acid groups (broad SMARTS) is 1. The summed E-state index contributed by atoms with van der Waals surface area (Å²) in [5.74, 6) is -0.596. The smallest absolute Gasteiger partial charge is 0.310 e. The van der Waals surface area contributed by atoms with Crippen LogP contribution in [0, 0.1) is 5.41 Å². The van der Waals surface area contributed by atoms with Crippen LogP contribution in [0.1, 0.15) is 44.9 Å².